The average Bonchev–Trinajstić information content (AvgIpc) is 3.18. The summed E-state index contributed by atoms with van der Waals surface area (Å²) in [5, 5.41) is 12.2. The molecule has 0 spiro atoms. The van der Waals surface area contributed by atoms with Gasteiger partial charge in [-0.2, -0.15) is 0 Å². The van der Waals surface area contributed by atoms with Crippen LogP contribution in [0.15, 0.2) is 12.7 Å². The zero-order chi connectivity index (χ0) is 46.4. The van der Waals surface area contributed by atoms with E-state index < -0.39 is 114 Å². The van der Waals surface area contributed by atoms with Gasteiger partial charge in [-0.15, -0.1) is 6.58 Å². The van der Waals surface area contributed by atoms with Gasteiger partial charge in [-0.25, -0.2) is 0 Å². The fourth-order valence-electron chi connectivity index (χ4n) is 9.75. The molecule has 3 heterocycles. The van der Waals surface area contributed by atoms with Crippen molar-refractivity contribution in [3.8, 4) is 0 Å². The second kappa shape index (κ2) is 21.9. The number of ether oxygens (including phenoxy) is 10. The van der Waals surface area contributed by atoms with Gasteiger partial charge in [-0.1, -0.05) is 33.8 Å². The molecular weight excluding hydrogens is 794 g/mol. The molecule has 0 aromatic carbocycles. The van der Waals surface area contributed by atoms with Gasteiger partial charge in [-0.3, -0.25) is 19.2 Å². The second-order valence-electron chi connectivity index (χ2n) is 18.4. The fourth-order valence-corrected chi connectivity index (χ4v) is 9.75. The Hall–Kier alpha value is -2.54. The number of hydrogen-bond acceptors (Lipinski definition) is 16. The summed E-state index contributed by atoms with van der Waals surface area (Å²) >= 11 is 0. The Morgan fingerprint density at radius 2 is 1.44 bits per heavy atom. The van der Waals surface area contributed by atoms with Crippen molar-refractivity contribution in [3.05, 3.63) is 12.7 Å². The molecule has 3 rings (SSSR count). The quantitative estimate of drug-likeness (QED) is 0.151. The number of methoxy groups -OCH3 is 2. The first kappa shape index (κ1) is 52.8. The van der Waals surface area contributed by atoms with Crippen molar-refractivity contribution in [2.75, 3.05) is 34.9 Å². The molecule has 3 fully saturated rings. The second-order valence-corrected chi connectivity index (χ2v) is 18.4. The number of likely N-dealkylation sites (N-methyl/N-ethyl adjacent to an activating group) is 1. The molecule has 0 saturated carbocycles. The standard InChI is InChI=1S/C45H77NO15/c1-18-20-54-39-26(5)35(49)24(3)22-43(11,52-16)38(61-42-37(57-30(9)47)32(46(14)15)21-25(4)55-42)27(6)36(28(7)41(50)59-33(19-2)45(39,13)51)60-34-23-44(12,53-17)40(29(8)56-34)58-31(10)48/h18,24-29,32-34,36-40,42,51H,1,19-23H2,2-17H3/t24-,25-,26-,27+,28-,29+,32+,33-,34+,36+,37-,38-,39+,40+,42+,43+,44-,45-/m1/s1. The van der Waals surface area contributed by atoms with Crippen molar-refractivity contribution in [3.63, 3.8) is 0 Å². The molecular formula is C45H77NO15. The minimum atomic E-state index is -1.82. The number of Topliss-reactive ketones (excluding diaryl/α,β-unsaturated/α-hetero) is 1. The Bertz CT molecular complexity index is 1490. The highest BCUT2D eigenvalue weighted by atomic mass is 16.7. The van der Waals surface area contributed by atoms with Crippen molar-refractivity contribution in [1.82, 2.24) is 4.90 Å². The molecule has 3 aliphatic heterocycles. The lowest BCUT2D eigenvalue weighted by molar-refractivity contribution is -0.320. The SMILES string of the molecule is C=CCO[C@H]1[C@H](C)C(=O)[C@H](C)C[C@](C)(OC)[C@H](O[C@@H]2O[C@H](C)C[C@H](N(C)C)[C@H]2OC(C)=O)[C@@H](C)[C@H](O[C@H]2C[C@@](C)(OC)[C@@H](OC(C)=O)[C@H](C)O2)[C@@H](C)C(=O)O[C@H](CC)[C@@]1(C)O. The molecule has 0 unspecified atom stereocenters. The van der Waals surface area contributed by atoms with Gasteiger partial charge in [0.25, 0.3) is 0 Å². The van der Waals surface area contributed by atoms with E-state index in [0.717, 1.165) is 0 Å². The summed E-state index contributed by atoms with van der Waals surface area (Å²) in [5.74, 6) is -5.28. The molecule has 3 saturated heterocycles. The van der Waals surface area contributed by atoms with Crippen molar-refractivity contribution in [2.45, 2.75) is 193 Å². The summed E-state index contributed by atoms with van der Waals surface area (Å²) < 4.78 is 63.2. The van der Waals surface area contributed by atoms with Crippen LogP contribution in [0.25, 0.3) is 0 Å². The topological polar surface area (TPSA) is 184 Å². The lowest BCUT2D eigenvalue weighted by Crippen LogP contribution is -2.62. The number of cyclic esters (lactones) is 1. The van der Waals surface area contributed by atoms with Crippen LogP contribution in [0, 0.1) is 23.7 Å². The average molecular weight is 872 g/mol. The van der Waals surface area contributed by atoms with Crippen LogP contribution < -0.4 is 0 Å². The smallest absolute Gasteiger partial charge is 0.311 e. The van der Waals surface area contributed by atoms with Gasteiger partial charge in [0, 0.05) is 52.2 Å². The van der Waals surface area contributed by atoms with E-state index in [9.17, 15) is 24.3 Å². The van der Waals surface area contributed by atoms with E-state index in [1.54, 1.807) is 41.5 Å². The summed E-state index contributed by atoms with van der Waals surface area (Å²) in [7, 11) is 6.82. The molecule has 0 aromatic heterocycles. The number of rotatable bonds is 13. The number of carbonyl (C=O) groups excluding carboxylic acids is 4. The van der Waals surface area contributed by atoms with Gasteiger partial charge in [0.1, 0.15) is 23.1 Å². The Balaban J connectivity index is 2.31. The highest BCUT2D eigenvalue weighted by Gasteiger charge is 2.55. The van der Waals surface area contributed by atoms with Gasteiger partial charge in [0.05, 0.1) is 54.7 Å². The first-order chi connectivity index (χ1) is 28.3. The number of nitrogens with zero attached hydrogens (tertiary/aromatic N) is 1. The molecule has 0 radical (unpaired) electrons. The number of esters is 3. The van der Waals surface area contributed by atoms with Crippen molar-refractivity contribution >= 4 is 23.7 Å². The number of ketones is 1. The first-order valence-corrected chi connectivity index (χ1v) is 21.7. The predicted molar refractivity (Wildman–Crippen MR) is 224 cm³/mol. The third-order valence-corrected chi connectivity index (χ3v) is 13.1. The van der Waals surface area contributed by atoms with Gasteiger partial charge in [-0.05, 0) is 74.9 Å². The summed E-state index contributed by atoms with van der Waals surface area (Å²) in [5.41, 5.74) is -4.17. The summed E-state index contributed by atoms with van der Waals surface area (Å²) in [6.07, 6.45) is -6.54. The maximum Gasteiger partial charge on any atom is 0.311 e. The normalized spacial score (nSPS) is 43.2. The van der Waals surface area contributed by atoms with Crippen LogP contribution in [0.4, 0.5) is 0 Å². The molecule has 0 amide bonds. The van der Waals surface area contributed by atoms with E-state index in [1.165, 1.54) is 41.1 Å². The molecule has 352 valence electrons. The van der Waals surface area contributed by atoms with E-state index in [2.05, 4.69) is 6.58 Å². The zero-order valence-electron chi connectivity index (χ0n) is 39.6. The lowest BCUT2D eigenvalue weighted by atomic mass is 9.73. The van der Waals surface area contributed by atoms with Gasteiger partial charge in [0.15, 0.2) is 24.8 Å². The minimum Gasteiger partial charge on any atom is -0.459 e. The van der Waals surface area contributed by atoms with Crippen LogP contribution in [-0.2, 0) is 66.5 Å². The molecule has 0 aromatic rings. The molecule has 3 aliphatic rings. The van der Waals surface area contributed by atoms with Crippen LogP contribution in [0.2, 0.25) is 0 Å². The Kier molecular flexibility index (Phi) is 19.0. The van der Waals surface area contributed by atoms with Crippen molar-refractivity contribution < 1.29 is 71.7 Å². The highest BCUT2D eigenvalue weighted by molar-refractivity contribution is 5.83. The van der Waals surface area contributed by atoms with Gasteiger partial charge in [0.2, 0.25) is 0 Å². The van der Waals surface area contributed by atoms with Crippen LogP contribution in [0.5, 0.6) is 0 Å². The van der Waals surface area contributed by atoms with E-state index in [-0.39, 0.29) is 43.8 Å². The third-order valence-electron chi connectivity index (χ3n) is 13.1. The van der Waals surface area contributed by atoms with Crippen LogP contribution in [-0.4, -0.2) is 153 Å². The third kappa shape index (κ3) is 12.4. The van der Waals surface area contributed by atoms with E-state index in [1.807, 2.05) is 39.8 Å². The number of aliphatic hydroxyl groups is 1. The fraction of sp³-hybridized carbons (Fsp3) is 0.867. The van der Waals surface area contributed by atoms with Crippen molar-refractivity contribution in [1.29, 1.82) is 0 Å². The predicted octanol–water partition coefficient (Wildman–Crippen LogP) is 4.79. The maximum atomic E-state index is 14.6. The highest BCUT2D eigenvalue weighted by Crippen LogP contribution is 2.43. The summed E-state index contributed by atoms with van der Waals surface area (Å²) in [6, 6.07) is -0.289. The number of hydrogen-bond donors (Lipinski definition) is 1. The monoisotopic (exact) mass is 872 g/mol. The Labute approximate surface area is 363 Å². The molecule has 61 heavy (non-hydrogen) atoms. The molecule has 16 heteroatoms. The van der Waals surface area contributed by atoms with E-state index in [4.69, 9.17) is 47.4 Å². The van der Waals surface area contributed by atoms with E-state index in [0.29, 0.717) is 6.42 Å². The summed E-state index contributed by atoms with van der Waals surface area (Å²) in [6.45, 7) is 24.0. The molecule has 0 aliphatic carbocycles. The van der Waals surface area contributed by atoms with Crippen LogP contribution in [0.1, 0.15) is 109 Å². The maximum absolute atomic E-state index is 14.6. The first-order valence-electron chi connectivity index (χ1n) is 21.7. The van der Waals surface area contributed by atoms with E-state index >= 15 is 0 Å². The van der Waals surface area contributed by atoms with Gasteiger partial charge < -0.3 is 57.4 Å². The minimum absolute atomic E-state index is 0.0303. The lowest BCUT2D eigenvalue weighted by Gasteiger charge is -2.50. The molecule has 18 atom stereocenters. The van der Waals surface area contributed by atoms with Crippen LogP contribution >= 0.6 is 0 Å². The Morgan fingerprint density at radius 3 is 1.97 bits per heavy atom. The molecule has 0 bridgehead atoms. The molecule has 1 N–H and O–H groups in total. The zero-order valence-corrected chi connectivity index (χ0v) is 39.6. The number of carbonyl (C=O) groups is 4. The molecule has 16 nitrogen and oxygen atoms in total. The van der Waals surface area contributed by atoms with Crippen LogP contribution in [0.3, 0.4) is 0 Å². The summed E-state index contributed by atoms with van der Waals surface area (Å²) in [4.78, 5) is 55.9. The Morgan fingerprint density at radius 1 is 0.852 bits per heavy atom. The van der Waals surface area contributed by atoms with Crippen molar-refractivity contribution in [2.24, 2.45) is 23.7 Å². The largest absolute Gasteiger partial charge is 0.459 e. The van der Waals surface area contributed by atoms with Gasteiger partial charge >= 0.3 is 17.9 Å².